The fourth-order valence-electron chi connectivity index (χ4n) is 2.89. The zero-order chi connectivity index (χ0) is 17.6. The summed E-state index contributed by atoms with van der Waals surface area (Å²) in [6, 6.07) is 1.92. The van der Waals surface area contributed by atoms with Crippen LogP contribution in [0.2, 0.25) is 0 Å². The van der Waals surface area contributed by atoms with Gasteiger partial charge < -0.3 is 14.2 Å². The SMILES string of the molecule is CCOC(=O)C1CCCN(C(=O)CCc2nc(-c3ccsc3)no2)C1. The lowest BCUT2D eigenvalue weighted by molar-refractivity contribution is -0.151. The van der Waals surface area contributed by atoms with E-state index >= 15 is 0 Å². The van der Waals surface area contributed by atoms with Crippen LogP contribution in [-0.4, -0.2) is 46.6 Å². The molecule has 3 rings (SSSR count). The number of nitrogens with zero attached hydrogens (tertiary/aromatic N) is 3. The lowest BCUT2D eigenvalue weighted by atomic mass is 9.98. The first-order valence-electron chi connectivity index (χ1n) is 8.47. The molecule has 1 amide bonds. The van der Waals surface area contributed by atoms with E-state index in [1.54, 1.807) is 23.2 Å². The molecular formula is C17H21N3O4S. The highest BCUT2D eigenvalue weighted by Crippen LogP contribution is 2.21. The van der Waals surface area contributed by atoms with Crippen LogP contribution in [0.25, 0.3) is 11.4 Å². The van der Waals surface area contributed by atoms with Gasteiger partial charge in [0.1, 0.15) is 0 Å². The summed E-state index contributed by atoms with van der Waals surface area (Å²) in [6.07, 6.45) is 2.28. The Morgan fingerprint density at radius 3 is 3.12 bits per heavy atom. The lowest BCUT2D eigenvalue weighted by Gasteiger charge is -2.31. The van der Waals surface area contributed by atoms with Gasteiger partial charge in [-0.1, -0.05) is 5.16 Å². The topological polar surface area (TPSA) is 85.5 Å². The smallest absolute Gasteiger partial charge is 0.310 e. The van der Waals surface area contributed by atoms with Gasteiger partial charge in [0, 0.05) is 36.9 Å². The number of hydrogen-bond acceptors (Lipinski definition) is 7. The molecule has 0 aromatic carbocycles. The zero-order valence-electron chi connectivity index (χ0n) is 14.1. The molecule has 3 heterocycles. The molecule has 134 valence electrons. The fourth-order valence-corrected chi connectivity index (χ4v) is 3.53. The Hall–Kier alpha value is -2.22. The van der Waals surface area contributed by atoms with E-state index < -0.39 is 0 Å². The van der Waals surface area contributed by atoms with Crippen LogP contribution in [0.4, 0.5) is 0 Å². The van der Waals surface area contributed by atoms with E-state index in [-0.39, 0.29) is 17.8 Å². The first kappa shape index (κ1) is 17.6. The van der Waals surface area contributed by atoms with Crippen LogP contribution < -0.4 is 0 Å². The van der Waals surface area contributed by atoms with E-state index in [9.17, 15) is 9.59 Å². The highest BCUT2D eigenvalue weighted by atomic mass is 32.1. The van der Waals surface area contributed by atoms with E-state index in [0.29, 0.717) is 44.3 Å². The summed E-state index contributed by atoms with van der Waals surface area (Å²) in [5.74, 6) is 0.574. The molecule has 7 nitrogen and oxygen atoms in total. The van der Waals surface area contributed by atoms with Crippen LogP contribution >= 0.6 is 11.3 Å². The Labute approximate surface area is 150 Å². The molecule has 0 radical (unpaired) electrons. The van der Waals surface area contributed by atoms with Gasteiger partial charge in [-0.2, -0.15) is 16.3 Å². The number of amides is 1. The first-order chi connectivity index (χ1) is 12.2. The number of thiophene rings is 1. The number of aromatic nitrogens is 2. The van der Waals surface area contributed by atoms with Gasteiger partial charge in [0.15, 0.2) is 0 Å². The molecule has 2 aromatic heterocycles. The molecule has 1 aliphatic rings. The second-order valence-corrected chi connectivity index (χ2v) is 6.73. The Balaban J connectivity index is 1.51. The third-order valence-corrected chi connectivity index (χ3v) is 4.88. The number of likely N-dealkylation sites (tertiary alicyclic amines) is 1. The lowest BCUT2D eigenvalue weighted by Crippen LogP contribution is -2.42. The molecule has 0 N–H and O–H groups in total. The molecule has 1 unspecified atom stereocenters. The minimum absolute atomic E-state index is 0.00396. The number of carbonyl (C=O) groups is 2. The van der Waals surface area contributed by atoms with Crippen molar-refractivity contribution in [1.82, 2.24) is 15.0 Å². The number of piperidine rings is 1. The summed E-state index contributed by atoms with van der Waals surface area (Å²) in [5.41, 5.74) is 0.916. The van der Waals surface area contributed by atoms with E-state index in [0.717, 1.165) is 18.4 Å². The van der Waals surface area contributed by atoms with E-state index in [1.807, 2.05) is 16.8 Å². The average Bonchev–Trinajstić information content (AvgIpc) is 3.31. The normalized spacial score (nSPS) is 17.5. The van der Waals surface area contributed by atoms with Crippen molar-refractivity contribution < 1.29 is 18.8 Å². The third kappa shape index (κ3) is 4.45. The van der Waals surface area contributed by atoms with Crippen LogP contribution in [0.15, 0.2) is 21.3 Å². The maximum Gasteiger partial charge on any atom is 0.310 e. The molecule has 8 heteroatoms. The molecule has 2 aromatic rings. The molecule has 1 fully saturated rings. The van der Waals surface area contributed by atoms with Crippen LogP contribution in [-0.2, 0) is 20.7 Å². The van der Waals surface area contributed by atoms with Crippen molar-refractivity contribution in [3.8, 4) is 11.4 Å². The summed E-state index contributed by atoms with van der Waals surface area (Å²) < 4.78 is 10.3. The van der Waals surface area contributed by atoms with Gasteiger partial charge in [0.25, 0.3) is 0 Å². The van der Waals surface area contributed by atoms with Crippen molar-refractivity contribution >= 4 is 23.2 Å². The van der Waals surface area contributed by atoms with Crippen molar-refractivity contribution in [2.75, 3.05) is 19.7 Å². The van der Waals surface area contributed by atoms with Crippen molar-refractivity contribution in [1.29, 1.82) is 0 Å². The summed E-state index contributed by atoms with van der Waals surface area (Å²) in [4.78, 5) is 30.3. The number of hydrogen-bond donors (Lipinski definition) is 0. The zero-order valence-corrected chi connectivity index (χ0v) is 15.0. The molecule has 0 bridgehead atoms. The average molecular weight is 363 g/mol. The van der Waals surface area contributed by atoms with Gasteiger partial charge in [0.05, 0.1) is 12.5 Å². The highest BCUT2D eigenvalue weighted by molar-refractivity contribution is 7.08. The molecule has 0 aliphatic carbocycles. The van der Waals surface area contributed by atoms with Crippen LogP contribution in [0.1, 0.15) is 32.1 Å². The quantitative estimate of drug-likeness (QED) is 0.733. The van der Waals surface area contributed by atoms with E-state index in [4.69, 9.17) is 9.26 Å². The molecule has 25 heavy (non-hydrogen) atoms. The predicted molar refractivity (Wildman–Crippen MR) is 91.9 cm³/mol. The summed E-state index contributed by atoms with van der Waals surface area (Å²) >= 11 is 1.57. The number of rotatable bonds is 6. The minimum Gasteiger partial charge on any atom is -0.466 e. The molecule has 0 spiro atoms. The van der Waals surface area contributed by atoms with Crippen LogP contribution in [0, 0.1) is 5.92 Å². The van der Waals surface area contributed by atoms with Crippen LogP contribution in [0.3, 0.4) is 0 Å². The van der Waals surface area contributed by atoms with Gasteiger partial charge >= 0.3 is 5.97 Å². The number of esters is 1. The fraction of sp³-hybridized carbons (Fsp3) is 0.529. The third-order valence-electron chi connectivity index (χ3n) is 4.19. The standard InChI is InChI=1S/C17H21N3O4S/c1-2-23-17(22)12-4-3-8-20(10-12)15(21)6-5-14-18-16(19-24-14)13-7-9-25-11-13/h7,9,11-12H,2-6,8,10H2,1H3. The second kappa shape index (κ2) is 8.24. The second-order valence-electron chi connectivity index (χ2n) is 5.95. The Morgan fingerprint density at radius 2 is 2.36 bits per heavy atom. The molecule has 1 atom stereocenters. The van der Waals surface area contributed by atoms with Crippen molar-refractivity contribution in [2.24, 2.45) is 5.92 Å². The summed E-state index contributed by atoms with van der Waals surface area (Å²) in [7, 11) is 0. The predicted octanol–water partition coefficient (Wildman–Crippen LogP) is 2.53. The number of carbonyl (C=O) groups excluding carboxylic acids is 2. The van der Waals surface area contributed by atoms with Crippen molar-refractivity contribution in [2.45, 2.75) is 32.6 Å². The van der Waals surface area contributed by atoms with E-state index in [2.05, 4.69) is 10.1 Å². The van der Waals surface area contributed by atoms with Gasteiger partial charge in [-0.25, -0.2) is 0 Å². The summed E-state index contributed by atoms with van der Waals surface area (Å²) in [5, 5.41) is 7.84. The van der Waals surface area contributed by atoms with Gasteiger partial charge in [0.2, 0.25) is 17.6 Å². The maximum absolute atomic E-state index is 12.4. The molecule has 0 saturated carbocycles. The first-order valence-corrected chi connectivity index (χ1v) is 9.41. The van der Waals surface area contributed by atoms with E-state index in [1.165, 1.54) is 0 Å². The number of ether oxygens (including phenoxy) is 1. The largest absolute Gasteiger partial charge is 0.466 e. The molecule has 1 aliphatic heterocycles. The highest BCUT2D eigenvalue weighted by Gasteiger charge is 2.29. The van der Waals surface area contributed by atoms with Gasteiger partial charge in [-0.05, 0) is 31.2 Å². The van der Waals surface area contributed by atoms with Gasteiger partial charge in [-0.3, -0.25) is 9.59 Å². The minimum atomic E-state index is -0.216. The molecule has 1 saturated heterocycles. The Bertz CT molecular complexity index is 713. The van der Waals surface area contributed by atoms with Crippen molar-refractivity contribution in [3.63, 3.8) is 0 Å². The van der Waals surface area contributed by atoms with Crippen LogP contribution in [0.5, 0.6) is 0 Å². The van der Waals surface area contributed by atoms with Gasteiger partial charge in [-0.15, -0.1) is 0 Å². The Kier molecular flexibility index (Phi) is 5.80. The monoisotopic (exact) mass is 363 g/mol. The summed E-state index contributed by atoms with van der Waals surface area (Å²) in [6.45, 7) is 3.27. The van der Waals surface area contributed by atoms with Crippen molar-refractivity contribution in [3.05, 3.63) is 22.7 Å². The number of aryl methyl sites for hydroxylation is 1. The molecular weight excluding hydrogens is 342 g/mol. The Morgan fingerprint density at radius 1 is 1.48 bits per heavy atom. The maximum atomic E-state index is 12.4.